The Kier molecular flexibility index (Phi) is 4.63. The van der Waals surface area contributed by atoms with Crippen LogP contribution >= 0.6 is 15.9 Å². The van der Waals surface area contributed by atoms with Gasteiger partial charge in [0, 0.05) is 15.8 Å². The van der Waals surface area contributed by atoms with E-state index in [1.54, 1.807) is 36.4 Å². The number of nitrogen functional groups attached to an aromatic ring is 1. The zero-order chi connectivity index (χ0) is 14.5. The number of para-hydroxylation sites is 1. The number of halogens is 1. The summed E-state index contributed by atoms with van der Waals surface area (Å²) in [7, 11) is 0. The first kappa shape index (κ1) is 14.4. The maximum absolute atomic E-state index is 12.3. The number of hydrogen-bond acceptors (Lipinski definition) is 3. The number of anilines is 2. The first-order valence-electron chi connectivity index (χ1n) is 6.20. The molecule has 2 aromatic carbocycles. The Hall–Kier alpha value is -2.01. The highest BCUT2D eigenvalue weighted by Gasteiger charge is 2.12. The summed E-state index contributed by atoms with van der Waals surface area (Å²) in [5, 5.41) is 2.81. The van der Waals surface area contributed by atoms with Gasteiger partial charge in [0.25, 0.3) is 5.91 Å². The Morgan fingerprint density at radius 1 is 1.30 bits per heavy atom. The van der Waals surface area contributed by atoms with E-state index in [2.05, 4.69) is 21.2 Å². The van der Waals surface area contributed by atoms with Crippen LogP contribution in [0.5, 0.6) is 5.75 Å². The summed E-state index contributed by atoms with van der Waals surface area (Å²) in [5.74, 6) is 0.341. The molecule has 0 radical (unpaired) electrons. The summed E-state index contributed by atoms with van der Waals surface area (Å²) in [6, 6.07) is 12.4. The molecule has 0 aromatic heterocycles. The molecule has 0 bridgehead atoms. The van der Waals surface area contributed by atoms with E-state index in [9.17, 15) is 4.79 Å². The van der Waals surface area contributed by atoms with E-state index in [0.29, 0.717) is 29.3 Å². The molecule has 0 fully saturated rings. The Morgan fingerprint density at radius 2 is 2.05 bits per heavy atom. The van der Waals surface area contributed by atoms with E-state index in [1.807, 2.05) is 13.0 Å². The van der Waals surface area contributed by atoms with Crippen molar-refractivity contribution < 1.29 is 9.53 Å². The normalized spacial score (nSPS) is 10.1. The van der Waals surface area contributed by atoms with Gasteiger partial charge in [-0.25, -0.2) is 0 Å². The average molecular weight is 335 g/mol. The number of carbonyl (C=O) groups is 1. The van der Waals surface area contributed by atoms with E-state index in [4.69, 9.17) is 10.5 Å². The minimum absolute atomic E-state index is 0.226. The molecular formula is C15H15BrN2O2. The van der Waals surface area contributed by atoms with Crippen LogP contribution in [0.3, 0.4) is 0 Å². The molecule has 0 aliphatic heterocycles. The van der Waals surface area contributed by atoms with Crippen molar-refractivity contribution >= 4 is 33.2 Å². The number of amides is 1. The summed E-state index contributed by atoms with van der Waals surface area (Å²) in [6.45, 7) is 2.39. The van der Waals surface area contributed by atoms with Crippen molar-refractivity contribution in [2.45, 2.75) is 6.92 Å². The summed E-state index contributed by atoms with van der Waals surface area (Å²) in [4.78, 5) is 12.3. The van der Waals surface area contributed by atoms with Crippen molar-refractivity contribution in [3.05, 3.63) is 52.5 Å². The lowest BCUT2D eigenvalue weighted by atomic mass is 10.2. The zero-order valence-corrected chi connectivity index (χ0v) is 12.6. The second-order valence-corrected chi connectivity index (χ2v) is 4.97. The number of nitrogens with two attached hydrogens (primary N) is 1. The third-order valence-electron chi connectivity index (χ3n) is 2.69. The fourth-order valence-corrected chi connectivity index (χ4v) is 2.00. The van der Waals surface area contributed by atoms with Crippen molar-refractivity contribution in [3.8, 4) is 5.75 Å². The van der Waals surface area contributed by atoms with Gasteiger partial charge in [0.15, 0.2) is 0 Å². The van der Waals surface area contributed by atoms with Gasteiger partial charge in [0.1, 0.15) is 5.75 Å². The van der Waals surface area contributed by atoms with Gasteiger partial charge >= 0.3 is 0 Å². The van der Waals surface area contributed by atoms with E-state index in [0.717, 1.165) is 4.47 Å². The molecule has 0 heterocycles. The maximum Gasteiger partial charge on any atom is 0.259 e. The molecule has 104 valence electrons. The first-order valence-corrected chi connectivity index (χ1v) is 6.99. The molecule has 0 saturated carbocycles. The highest BCUT2D eigenvalue weighted by Crippen LogP contribution is 2.24. The van der Waals surface area contributed by atoms with Crippen LogP contribution in [0.2, 0.25) is 0 Å². The monoisotopic (exact) mass is 334 g/mol. The van der Waals surface area contributed by atoms with Gasteiger partial charge in [-0.3, -0.25) is 4.79 Å². The molecular weight excluding hydrogens is 320 g/mol. The third-order valence-corrected chi connectivity index (χ3v) is 3.41. The fourth-order valence-electron chi connectivity index (χ4n) is 1.76. The molecule has 0 atom stereocenters. The minimum atomic E-state index is -0.226. The largest absolute Gasteiger partial charge is 0.493 e. The molecule has 20 heavy (non-hydrogen) atoms. The van der Waals surface area contributed by atoms with Gasteiger partial charge in [-0.2, -0.15) is 0 Å². The predicted octanol–water partition coefficient (Wildman–Crippen LogP) is 3.68. The number of rotatable bonds is 4. The second kappa shape index (κ2) is 6.43. The Labute approximate surface area is 126 Å². The van der Waals surface area contributed by atoms with Crippen molar-refractivity contribution in [2.75, 3.05) is 17.7 Å². The SMILES string of the molecule is CCOc1ccccc1C(=O)Nc1ccc(Br)c(N)c1. The van der Waals surface area contributed by atoms with Crippen LogP contribution in [0, 0.1) is 0 Å². The summed E-state index contributed by atoms with van der Waals surface area (Å²) >= 11 is 3.31. The summed E-state index contributed by atoms with van der Waals surface area (Å²) in [5.41, 5.74) is 7.50. The van der Waals surface area contributed by atoms with Crippen LogP contribution in [-0.2, 0) is 0 Å². The van der Waals surface area contributed by atoms with Gasteiger partial charge < -0.3 is 15.8 Å². The van der Waals surface area contributed by atoms with Crippen LogP contribution in [0.15, 0.2) is 46.9 Å². The number of nitrogens with one attached hydrogen (secondary N) is 1. The van der Waals surface area contributed by atoms with Gasteiger partial charge in [0.2, 0.25) is 0 Å². The minimum Gasteiger partial charge on any atom is -0.493 e. The van der Waals surface area contributed by atoms with Crippen molar-refractivity contribution in [1.82, 2.24) is 0 Å². The lowest BCUT2D eigenvalue weighted by Crippen LogP contribution is -2.13. The highest BCUT2D eigenvalue weighted by molar-refractivity contribution is 9.10. The van der Waals surface area contributed by atoms with Crippen LogP contribution in [-0.4, -0.2) is 12.5 Å². The van der Waals surface area contributed by atoms with E-state index >= 15 is 0 Å². The molecule has 0 saturated heterocycles. The summed E-state index contributed by atoms with van der Waals surface area (Å²) in [6.07, 6.45) is 0. The lowest BCUT2D eigenvalue weighted by Gasteiger charge is -2.11. The first-order chi connectivity index (χ1) is 9.61. The Bertz CT molecular complexity index is 629. The van der Waals surface area contributed by atoms with Crippen LogP contribution in [0.4, 0.5) is 11.4 Å². The van der Waals surface area contributed by atoms with Gasteiger partial charge in [-0.15, -0.1) is 0 Å². The molecule has 2 rings (SSSR count). The Morgan fingerprint density at radius 3 is 2.75 bits per heavy atom. The number of benzene rings is 2. The van der Waals surface area contributed by atoms with Crippen LogP contribution in [0.25, 0.3) is 0 Å². The quantitative estimate of drug-likeness (QED) is 0.838. The average Bonchev–Trinajstić information content (AvgIpc) is 2.44. The van der Waals surface area contributed by atoms with Crippen LogP contribution < -0.4 is 15.8 Å². The number of ether oxygens (including phenoxy) is 1. The standard InChI is InChI=1S/C15H15BrN2O2/c1-2-20-14-6-4-3-5-11(14)15(19)18-10-7-8-12(16)13(17)9-10/h3-9H,2,17H2,1H3,(H,18,19). The molecule has 0 unspecified atom stereocenters. The fraction of sp³-hybridized carbons (Fsp3) is 0.133. The lowest BCUT2D eigenvalue weighted by molar-refractivity contribution is 0.102. The molecule has 3 N–H and O–H groups in total. The van der Waals surface area contributed by atoms with Gasteiger partial charge in [-0.1, -0.05) is 12.1 Å². The smallest absolute Gasteiger partial charge is 0.259 e. The van der Waals surface area contributed by atoms with Gasteiger partial charge in [-0.05, 0) is 53.2 Å². The topological polar surface area (TPSA) is 64.3 Å². The third kappa shape index (κ3) is 3.30. The molecule has 5 heteroatoms. The predicted molar refractivity (Wildman–Crippen MR) is 84.1 cm³/mol. The molecule has 0 aliphatic rings. The van der Waals surface area contributed by atoms with Crippen molar-refractivity contribution in [2.24, 2.45) is 0 Å². The second-order valence-electron chi connectivity index (χ2n) is 4.12. The molecule has 4 nitrogen and oxygen atoms in total. The Balaban J connectivity index is 2.21. The van der Waals surface area contributed by atoms with Crippen LogP contribution in [0.1, 0.15) is 17.3 Å². The van der Waals surface area contributed by atoms with E-state index in [1.165, 1.54) is 0 Å². The highest BCUT2D eigenvalue weighted by atomic mass is 79.9. The molecule has 0 aliphatic carbocycles. The van der Waals surface area contributed by atoms with Crippen molar-refractivity contribution in [3.63, 3.8) is 0 Å². The number of carbonyl (C=O) groups excluding carboxylic acids is 1. The van der Waals surface area contributed by atoms with Gasteiger partial charge in [0.05, 0.1) is 12.2 Å². The summed E-state index contributed by atoms with van der Waals surface area (Å²) < 4.78 is 6.24. The number of hydrogen-bond donors (Lipinski definition) is 2. The molecule has 1 amide bonds. The zero-order valence-electron chi connectivity index (χ0n) is 11.0. The van der Waals surface area contributed by atoms with E-state index in [-0.39, 0.29) is 5.91 Å². The molecule has 2 aromatic rings. The van der Waals surface area contributed by atoms with E-state index < -0.39 is 0 Å². The maximum atomic E-state index is 12.3. The van der Waals surface area contributed by atoms with Crippen molar-refractivity contribution in [1.29, 1.82) is 0 Å². The molecule has 0 spiro atoms.